The van der Waals surface area contributed by atoms with Crippen LogP contribution in [0.5, 0.6) is 0 Å². The highest BCUT2D eigenvalue weighted by molar-refractivity contribution is 9.10. The SMILES string of the molecule is Cc1cnn(C2CC3CCC(C2)N3C(=O)c2ccc(Br)cc2)c1. The van der Waals surface area contributed by atoms with E-state index < -0.39 is 0 Å². The van der Waals surface area contributed by atoms with Crippen molar-refractivity contribution >= 4 is 21.8 Å². The lowest BCUT2D eigenvalue weighted by Crippen LogP contribution is -2.47. The first-order chi connectivity index (χ1) is 11.1. The summed E-state index contributed by atoms with van der Waals surface area (Å²) >= 11 is 3.43. The minimum absolute atomic E-state index is 0.181. The lowest BCUT2D eigenvalue weighted by atomic mass is 9.96. The van der Waals surface area contributed by atoms with Crippen molar-refractivity contribution in [3.8, 4) is 0 Å². The summed E-state index contributed by atoms with van der Waals surface area (Å²) in [5.41, 5.74) is 1.99. The molecule has 2 aromatic rings. The Labute approximate surface area is 144 Å². The maximum absolute atomic E-state index is 12.9. The first-order valence-electron chi connectivity index (χ1n) is 8.21. The molecule has 2 aliphatic heterocycles. The lowest BCUT2D eigenvalue weighted by Gasteiger charge is -2.39. The van der Waals surface area contributed by atoms with E-state index in [1.54, 1.807) is 0 Å². The van der Waals surface area contributed by atoms with Gasteiger partial charge in [0.05, 0.1) is 12.2 Å². The molecule has 3 heterocycles. The van der Waals surface area contributed by atoms with Crippen LogP contribution in [0.15, 0.2) is 41.1 Å². The zero-order valence-electron chi connectivity index (χ0n) is 13.2. The summed E-state index contributed by atoms with van der Waals surface area (Å²) in [7, 11) is 0. The molecule has 0 spiro atoms. The van der Waals surface area contributed by atoms with Gasteiger partial charge in [-0.05, 0) is 62.4 Å². The van der Waals surface area contributed by atoms with E-state index in [-0.39, 0.29) is 5.91 Å². The fourth-order valence-electron chi connectivity index (χ4n) is 4.07. The monoisotopic (exact) mass is 373 g/mol. The van der Waals surface area contributed by atoms with Crippen LogP contribution in [0.2, 0.25) is 0 Å². The number of fused-ring (bicyclic) bond motifs is 2. The quantitative estimate of drug-likeness (QED) is 0.798. The Morgan fingerprint density at radius 1 is 1.13 bits per heavy atom. The summed E-state index contributed by atoms with van der Waals surface area (Å²) in [6.45, 7) is 2.07. The van der Waals surface area contributed by atoms with E-state index in [0.29, 0.717) is 18.1 Å². The molecule has 1 aromatic heterocycles. The molecule has 2 fully saturated rings. The summed E-state index contributed by atoms with van der Waals surface area (Å²) < 4.78 is 3.10. The van der Waals surface area contributed by atoms with Gasteiger partial charge in [0, 0.05) is 28.3 Å². The van der Waals surface area contributed by atoms with E-state index in [2.05, 4.69) is 43.7 Å². The van der Waals surface area contributed by atoms with Gasteiger partial charge in [-0.2, -0.15) is 5.10 Å². The largest absolute Gasteiger partial charge is 0.333 e. The molecular formula is C18H20BrN3O. The molecule has 5 heteroatoms. The molecule has 2 bridgehead atoms. The summed E-state index contributed by atoms with van der Waals surface area (Å²) in [5.74, 6) is 0.181. The number of aromatic nitrogens is 2. The molecule has 4 rings (SSSR count). The number of carbonyl (C=O) groups is 1. The van der Waals surface area contributed by atoms with Gasteiger partial charge < -0.3 is 4.90 Å². The standard InChI is InChI=1S/C18H20BrN3O/c1-12-10-20-21(11-12)17-8-15-6-7-16(9-17)22(15)18(23)13-2-4-14(19)5-3-13/h2-5,10-11,15-17H,6-9H2,1H3. The van der Waals surface area contributed by atoms with Gasteiger partial charge >= 0.3 is 0 Å². The maximum atomic E-state index is 12.9. The number of halogens is 1. The van der Waals surface area contributed by atoms with Gasteiger partial charge in [0.2, 0.25) is 0 Å². The Kier molecular flexibility index (Phi) is 3.76. The minimum atomic E-state index is 0.181. The predicted octanol–water partition coefficient (Wildman–Crippen LogP) is 3.96. The van der Waals surface area contributed by atoms with Gasteiger partial charge in [0.15, 0.2) is 0 Å². The van der Waals surface area contributed by atoms with Crippen molar-refractivity contribution in [1.82, 2.24) is 14.7 Å². The summed E-state index contributed by atoms with van der Waals surface area (Å²) in [5, 5.41) is 4.48. The molecule has 23 heavy (non-hydrogen) atoms. The van der Waals surface area contributed by atoms with Gasteiger partial charge in [0.25, 0.3) is 5.91 Å². The molecule has 1 aromatic carbocycles. The van der Waals surface area contributed by atoms with Crippen molar-refractivity contribution in [2.45, 2.75) is 50.7 Å². The Balaban J connectivity index is 1.54. The number of rotatable bonds is 2. The average molecular weight is 374 g/mol. The third-order valence-electron chi connectivity index (χ3n) is 5.14. The Morgan fingerprint density at radius 2 is 1.78 bits per heavy atom. The minimum Gasteiger partial charge on any atom is -0.333 e. The Bertz CT molecular complexity index is 710. The van der Waals surface area contributed by atoms with E-state index in [0.717, 1.165) is 35.7 Å². The lowest BCUT2D eigenvalue weighted by molar-refractivity contribution is 0.0524. The fourth-order valence-corrected chi connectivity index (χ4v) is 4.33. The Morgan fingerprint density at radius 3 is 2.35 bits per heavy atom. The van der Waals surface area contributed by atoms with Crippen LogP contribution in [-0.4, -0.2) is 32.7 Å². The molecule has 2 unspecified atom stereocenters. The topological polar surface area (TPSA) is 38.1 Å². The van der Waals surface area contributed by atoms with E-state index in [4.69, 9.17) is 0 Å². The zero-order chi connectivity index (χ0) is 16.0. The predicted molar refractivity (Wildman–Crippen MR) is 92.4 cm³/mol. The highest BCUT2D eigenvalue weighted by Crippen LogP contribution is 2.41. The van der Waals surface area contributed by atoms with Crippen LogP contribution in [0, 0.1) is 6.92 Å². The summed E-state index contributed by atoms with van der Waals surface area (Å²) in [6, 6.07) is 8.82. The third kappa shape index (κ3) is 2.71. The molecule has 2 atom stereocenters. The van der Waals surface area contributed by atoms with E-state index in [1.165, 1.54) is 5.56 Å². The summed E-state index contributed by atoms with van der Waals surface area (Å²) in [4.78, 5) is 15.0. The molecule has 120 valence electrons. The van der Waals surface area contributed by atoms with Crippen molar-refractivity contribution < 1.29 is 4.79 Å². The number of amides is 1. The number of carbonyl (C=O) groups excluding carboxylic acids is 1. The molecule has 0 N–H and O–H groups in total. The van der Waals surface area contributed by atoms with E-state index in [9.17, 15) is 4.79 Å². The number of nitrogens with zero attached hydrogens (tertiary/aromatic N) is 3. The van der Waals surface area contributed by atoms with Gasteiger partial charge in [0.1, 0.15) is 0 Å². The molecule has 0 aliphatic carbocycles. The number of hydrogen-bond acceptors (Lipinski definition) is 2. The van der Waals surface area contributed by atoms with E-state index in [1.807, 2.05) is 30.5 Å². The molecule has 2 aliphatic rings. The molecule has 0 radical (unpaired) electrons. The van der Waals surface area contributed by atoms with Crippen LogP contribution in [-0.2, 0) is 0 Å². The summed E-state index contributed by atoms with van der Waals surface area (Å²) in [6.07, 6.45) is 8.30. The van der Waals surface area contributed by atoms with Crippen LogP contribution in [0.1, 0.15) is 47.6 Å². The second-order valence-corrected chi connectivity index (χ2v) is 7.64. The van der Waals surface area contributed by atoms with Crippen molar-refractivity contribution in [3.63, 3.8) is 0 Å². The van der Waals surface area contributed by atoms with Gasteiger partial charge in [-0.15, -0.1) is 0 Å². The van der Waals surface area contributed by atoms with Crippen LogP contribution < -0.4 is 0 Å². The van der Waals surface area contributed by atoms with E-state index >= 15 is 0 Å². The van der Waals surface area contributed by atoms with Crippen molar-refractivity contribution in [3.05, 3.63) is 52.3 Å². The number of aryl methyl sites for hydroxylation is 1. The third-order valence-corrected chi connectivity index (χ3v) is 5.67. The first-order valence-corrected chi connectivity index (χ1v) is 9.00. The van der Waals surface area contributed by atoms with Crippen LogP contribution in [0.4, 0.5) is 0 Å². The first kappa shape index (κ1) is 14.9. The molecule has 4 nitrogen and oxygen atoms in total. The highest BCUT2D eigenvalue weighted by atomic mass is 79.9. The molecule has 1 amide bonds. The smallest absolute Gasteiger partial charge is 0.254 e. The average Bonchev–Trinajstić information content (AvgIpc) is 3.08. The molecular weight excluding hydrogens is 354 g/mol. The van der Waals surface area contributed by atoms with Gasteiger partial charge in [-0.1, -0.05) is 15.9 Å². The molecule has 2 saturated heterocycles. The number of benzene rings is 1. The van der Waals surface area contributed by atoms with Gasteiger partial charge in [-0.25, -0.2) is 0 Å². The molecule has 0 saturated carbocycles. The highest BCUT2D eigenvalue weighted by Gasteiger charge is 2.44. The zero-order valence-corrected chi connectivity index (χ0v) is 14.7. The van der Waals surface area contributed by atoms with Crippen molar-refractivity contribution in [2.24, 2.45) is 0 Å². The normalized spacial score (nSPS) is 26.5. The van der Waals surface area contributed by atoms with Crippen molar-refractivity contribution in [1.29, 1.82) is 0 Å². The van der Waals surface area contributed by atoms with Crippen LogP contribution in [0.3, 0.4) is 0 Å². The van der Waals surface area contributed by atoms with Gasteiger partial charge in [-0.3, -0.25) is 9.48 Å². The maximum Gasteiger partial charge on any atom is 0.254 e. The van der Waals surface area contributed by atoms with Crippen molar-refractivity contribution in [2.75, 3.05) is 0 Å². The number of hydrogen-bond donors (Lipinski definition) is 0. The number of piperidine rings is 1. The Hall–Kier alpha value is -1.62. The second-order valence-electron chi connectivity index (χ2n) is 6.73. The second kappa shape index (κ2) is 5.78. The van der Waals surface area contributed by atoms with Crippen LogP contribution in [0.25, 0.3) is 0 Å². The fraction of sp³-hybridized carbons (Fsp3) is 0.444. The van der Waals surface area contributed by atoms with Crippen LogP contribution >= 0.6 is 15.9 Å².